The van der Waals surface area contributed by atoms with Gasteiger partial charge in [-0.05, 0) is 24.9 Å². The summed E-state index contributed by atoms with van der Waals surface area (Å²) in [7, 11) is 1.72. The van der Waals surface area contributed by atoms with Gasteiger partial charge in [0.15, 0.2) is 6.10 Å². The van der Waals surface area contributed by atoms with Crippen LogP contribution in [0.3, 0.4) is 0 Å². The van der Waals surface area contributed by atoms with Gasteiger partial charge in [0.05, 0.1) is 6.10 Å². The van der Waals surface area contributed by atoms with Crippen molar-refractivity contribution in [1.29, 1.82) is 0 Å². The molecule has 0 fully saturated rings. The topological polar surface area (TPSA) is 124 Å². The first-order chi connectivity index (χ1) is 7.56. The fraction of sp³-hybridized carbons (Fsp3) is 0.625. The number of nitrogens with zero attached hydrogens (tertiary/aromatic N) is 2. The first-order valence-electron chi connectivity index (χ1n) is 4.76. The number of nitro groups is 1. The molecule has 0 aromatic carbocycles. The molecule has 0 radical (unpaired) electrons. The van der Waals surface area contributed by atoms with Crippen LogP contribution in [0.5, 0.6) is 0 Å². The Hall–Kier alpha value is -1.51. The molecule has 0 bridgehead atoms. The molecule has 1 aromatic rings. The van der Waals surface area contributed by atoms with Crippen LogP contribution in [0.15, 0.2) is 6.20 Å². The molecule has 90 valence electrons. The van der Waals surface area contributed by atoms with Gasteiger partial charge >= 0.3 is 5.82 Å². The zero-order valence-corrected chi connectivity index (χ0v) is 8.75. The Kier molecular flexibility index (Phi) is 4.35. The number of aromatic amines is 1. The van der Waals surface area contributed by atoms with Crippen molar-refractivity contribution in [2.45, 2.75) is 18.6 Å². The van der Waals surface area contributed by atoms with E-state index in [9.17, 15) is 20.3 Å². The highest BCUT2D eigenvalue weighted by Gasteiger charge is 2.24. The average molecular weight is 230 g/mol. The first kappa shape index (κ1) is 12.6. The molecule has 0 aliphatic rings. The largest absolute Gasteiger partial charge is 0.390 e. The first-order valence-corrected chi connectivity index (χ1v) is 4.76. The smallest absolute Gasteiger partial charge is 0.340 e. The number of imidazole rings is 1. The van der Waals surface area contributed by atoms with E-state index in [1.807, 2.05) is 0 Å². The summed E-state index contributed by atoms with van der Waals surface area (Å²) in [6.07, 6.45) is -0.935. The minimum absolute atomic E-state index is 0.00435. The Morgan fingerprint density at radius 3 is 2.88 bits per heavy atom. The number of nitrogens with one attached hydrogen (secondary N) is 2. The van der Waals surface area contributed by atoms with Crippen LogP contribution in [-0.4, -0.2) is 44.8 Å². The minimum Gasteiger partial charge on any atom is -0.390 e. The van der Waals surface area contributed by atoms with Crippen LogP contribution in [0.2, 0.25) is 0 Å². The lowest BCUT2D eigenvalue weighted by Gasteiger charge is -2.13. The third kappa shape index (κ3) is 2.99. The van der Waals surface area contributed by atoms with Gasteiger partial charge in [-0.25, -0.2) is 9.97 Å². The number of rotatable bonds is 6. The van der Waals surface area contributed by atoms with Crippen molar-refractivity contribution in [1.82, 2.24) is 15.3 Å². The maximum Gasteiger partial charge on any atom is 0.340 e. The molecule has 0 saturated heterocycles. The van der Waals surface area contributed by atoms with E-state index < -0.39 is 17.1 Å². The van der Waals surface area contributed by atoms with Crippen LogP contribution in [0.25, 0.3) is 0 Å². The summed E-state index contributed by atoms with van der Waals surface area (Å²) in [4.78, 5) is 15.7. The van der Waals surface area contributed by atoms with Gasteiger partial charge in [-0.15, -0.1) is 0 Å². The SMILES string of the molecule is CNCCC(O)C(O)c1ncc([N+](=O)[O-])[nH]1. The van der Waals surface area contributed by atoms with Crippen molar-refractivity contribution in [2.75, 3.05) is 13.6 Å². The predicted molar refractivity (Wildman–Crippen MR) is 54.8 cm³/mol. The van der Waals surface area contributed by atoms with Gasteiger partial charge in [-0.2, -0.15) is 0 Å². The highest BCUT2D eigenvalue weighted by molar-refractivity contribution is 5.16. The molecule has 0 spiro atoms. The summed E-state index contributed by atoms with van der Waals surface area (Å²) < 4.78 is 0. The van der Waals surface area contributed by atoms with Crippen LogP contribution >= 0.6 is 0 Å². The van der Waals surface area contributed by atoms with Gasteiger partial charge < -0.3 is 25.6 Å². The van der Waals surface area contributed by atoms with Gasteiger partial charge in [-0.1, -0.05) is 0 Å². The Morgan fingerprint density at radius 1 is 1.69 bits per heavy atom. The van der Waals surface area contributed by atoms with Crippen molar-refractivity contribution in [2.24, 2.45) is 0 Å². The summed E-state index contributed by atoms with van der Waals surface area (Å²) in [6, 6.07) is 0. The molecule has 4 N–H and O–H groups in total. The number of H-pyrrole nitrogens is 1. The van der Waals surface area contributed by atoms with Crippen LogP contribution in [-0.2, 0) is 0 Å². The average Bonchev–Trinajstić information content (AvgIpc) is 2.74. The Balaban J connectivity index is 2.64. The highest BCUT2D eigenvalue weighted by atomic mass is 16.6. The van der Waals surface area contributed by atoms with E-state index in [1.54, 1.807) is 7.05 Å². The van der Waals surface area contributed by atoms with E-state index in [2.05, 4.69) is 15.3 Å². The molecule has 0 saturated carbocycles. The normalized spacial score (nSPS) is 14.7. The van der Waals surface area contributed by atoms with Crippen LogP contribution in [0.1, 0.15) is 18.3 Å². The van der Waals surface area contributed by atoms with Crippen molar-refractivity contribution in [3.63, 3.8) is 0 Å². The molecule has 8 nitrogen and oxygen atoms in total. The molecular formula is C8H14N4O4. The van der Waals surface area contributed by atoms with E-state index in [-0.39, 0.29) is 11.6 Å². The number of hydrogen-bond acceptors (Lipinski definition) is 6. The second-order valence-corrected chi connectivity index (χ2v) is 3.32. The van der Waals surface area contributed by atoms with Crippen LogP contribution in [0.4, 0.5) is 5.82 Å². The zero-order valence-electron chi connectivity index (χ0n) is 8.75. The monoisotopic (exact) mass is 230 g/mol. The molecule has 0 aliphatic carbocycles. The van der Waals surface area contributed by atoms with Gasteiger partial charge in [0, 0.05) is 0 Å². The van der Waals surface area contributed by atoms with Crippen molar-refractivity contribution in [3.05, 3.63) is 22.1 Å². The molecule has 0 amide bonds. The number of hydrogen-bond donors (Lipinski definition) is 4. The summed E-state index contributed by atoms with van der Waals surface area (Å²) in [6.45, 7) is 0.529. The quantitative estimate of drug-likeness (QED) is 0.379. The van der Waals surface area contributed by atoms with E-state index in [4.69, 9.17) is 0 Å². The van der Waals surface area contributed by atoms with E-state index in [0.29, 0.717) is 13.0 Å². The molecule has 1 heterocycles. The summed E-state index contributed by atoms with van der Waals surface area (Å²) in [5, 5.41) is 32.3. The third-order valence-electron chi connectivity index (χ3n) is 2.11. The van der Waals surface area contributed by atoms with Gasteiger partial charge in [0.25, 0.3) is 0 Å². The number of aliphatic hydroxyl groups excluding tert-OH is 2. The van der Waals surface area contributed by atoms with Crippen molar-refractivity contribution >= 4 is 5.82 Å². The van der Waals surface area contributed by atoms with Gasteiger partial charge in [-0.3, -0.25) is 0 Å². The number of aliphatic hydroxyl groups is 2. The minimum atomic E-state index is -1.25. The lowest BCUT2D eigenvalue weighted by Crippen LogP contribution is -2.24. The lowest BCUT2D eigenvalue weighted by atomic mass is 10.1. The molecule has 1 rings (SSSR count). The second-order valence-electron chi connectivity index (χ2n) is 3.32. The summed E-state index contributed by atoms with van der Waals surface area (Å²) in [5.74, 6) is -0.315. The van der Waals surface area contributed by atoms with Gasteiger partial charge in [0.1, 0.15) is 6.20 Å². The standard InChI is InChI=1S/C8H14N4O4/c1-9-3-2-5(13)7(14)8-10-4-6(11-8)12(15)16/h4-5,7,9,13-14H,2-3H2,1H3,(H,10,11). The third-order valence-corrected chi connectivity index (χ3v) is 2.11. The summed E-state index contributed by atoms with van der Waals surface area (Å²) in [5.41, 5.74) is 0. The van der Waals surface area contributed by atoms with E-state index in [1.165, 1.54) is 0 Å². The molecule has 1 aromatic heterocycles. The number of aromatic nitrogens is 2. The molecule has 16 heavy (non-hydrogen) atoms. The fourth-order valence-corrected chi connectivity index (χ4v) is 1.20. The molecular weight excluding hydrogens is 216 g/mol. The van der Waals surface area contributed by atoms with Crippen LogP contribution < -0.4 is 5.32 Å². The molecule has 2 atom stereocenters. The van der Waals surface area contributed by atoms with E-state index >= 15 is 0 Å². The van der Waals surface area contributed by atoms with Crippen molar-refractivity contribution < 1.29 is 15.1 Å². The molecule has 0 aliphatic heterocycles. The van der Waals surface area contributed by atoms with Crippen molar-refractivity contribution in [3.8, 4) is 0 Å². The zero-order chi connectivity index (χ0) is 12.1. The Bertz CT molecular complexity index is 354. The molecule has 2 unspecified atom stereocenters. The van der Waals surface area contributed by atoms with E-state index in [0.717, 1.165) is 6.20 Å². The highest BCUT2D eigenvalue weighted by Crippen LogP contribution is 2.18. The second kappa shape index (κ2) is 5.54. The maximum absolute atomic E-state index is 10.4. The van der Waals surface area contributed by atoms with Gasteiger partial charge in [0.2, 0.25) is 5.82 Å². The summed E-state index contributed by atoms with van der Waals surface area (Å²) >= 11 is 0. The predicted octanol–water partition coefficient (Wildman–Crippen LogP) is -0.678. The fourth-order valence-electron chi connectivity index (χ4n) is 1.20. The maximum atomic E-state index is 10.4. The van der Waals surface area contributed by atoms with Crippen LogP contribution in [0, 0.1) is 10.1 Å². The molecule has 8 heteroatoms. The Labute approximate surface area is 91.5 Å². The lowest BCUT2D eigenvalue weighted by molar-refractivity contribution is -0.389. The Morgan fingerprint density at radius 2 is 2.38 bits per heavy atom.